The molecule has 0 amide bonds. The molecule has 20 heavy (non-hydrogen) atoms. The molecular formula is C15H43N2O2Re-3. The third kappa shape index (κ3) is 280. The molecule has 0 saturated carbocycles. The summed E-state index contributed by atoms with van der Waals surface area (Å²) < 4.78 is 0. The Bertz CT molecular complexity index is 59.1. The van der Waals surface area contributed by atoms with E-state index in [1.807, 2.05) is 55.4 Å². The number of rotatable bonds is 3. The number of aliphatic hydroxyl groups is 2. The van der Waals surface area contributed by atoms with Crippen LogP contribution in [0.25, 0.3) is 11.5 Å². The third-order valence-corrected chi connectivity index (χ3v) is 0.609. The van der Waals surface area contributed by atoms with Crippen LogP contribution in [0, 0.1) is 7.43 Å². The number of aliphatic hydroxyl groups excluding tert-OH is 2. The molecule has 4 N–H and O–H groups in total. The number of hydrogen-bond donors (Lipinski definition) is 2. The number of hydrogen-bond acceptors (Lipinski definition) is 2. The smallest absolute Gasteiger partial charge is 0.0414 e. The van der Waals surface area contributed by atoms with Crippen molar-refractivity contribution in [2.75, 3.05) is 19.8 Å². The van der Waals surface area contributed by atoms with E-state index < -0.39 is 0 Å². The molecule has 135 valence electrons. The van der Waals surface area contributed by atoms with Crippen molar-refractivity contribution >= 4 is 0 Å². The zero-order chi connectivity index (χ0) is 16.4. The maximum atomic E-state index is 7.96. The van der Waals surface area contributed by atoms with E-state index in [1.165, 1.54) is 0 Å². The fourth-order valence-corrected chi connectivity index (χ4v) is 0.0791. The molecule has 5 heteroatoms. The average molecular weight is 470 g/mol. The first kappa shape index (κ1) is 49.9. The molecule has 0 aromatic rings. The van der Waals surface area contributed by atoms with E-state index in [0.717, 1.165) is 0 Å². The Labute approximate surface area is 144 Å². The van der Waals surface area contributed by atoms with Crippen molar-refractivity contribution in [2.45, 2.75) is 74.8 Å². The van der Waals surface area contributed by atoms with Gasteiger partial charge in [-0.15, -0.1) is 12.6 Å². The van der Waals surface area contributed by atoms with Gasteiger partial charge in [0, 0.05) is 33.6 Å². The number of nitrogens with one attached hydrogen (secondary N) is 2. The van der Waals surface area contributed by atoms with Crippen LogP contribution in [-0.4, -0.2) is 36.0 Å². The standard InChI is InChI=1S/2C3H8NO.4C2H6.CH3.Re/c1-3(4)2-5;4-2-1-3-5;4*1-2;;/h3-5H,2H2,1H3;4-5H,1-3H2;4*1-2H3;1H3;/q2*-1;;;;;-1;. The summed E-state index contributed by atoms with van der Waals surface area (Å²) in [6.07, 6.45) is 0.611. The van der Waals surface area contributed by atoms with E-state index in [4.69, 9.17) is 21.7 Å². The molecule has 0 aromatic heterocycles. The second kappa shape index (κ2) is 119. The van der Waals surface area contributed by atoms with Crippen LogP contribution < -0.4 is 0 Å². The Hall–Kier alpha value is 0.502. The monoisotopic (exact) mass is 470 g/mol. The summed E-state index contributed by atoms with van der Waals surface area (Å²) in [5.41, 5.74) is 13.0. The Balaban J connectivity index is -0.0000000151. The van der Waals surface area contributed by atoms with Gasteiger partial charge in [-0.05, 0) is 6.42 Å². The SMILES string of the molecule is CC.CC.CC.CC.CC([NH-])CO.[CH3-].[NH-]CCCO.[Re]. The minimum atomic E-state index is -0.310. The first-order valence-corrected chi connectivity index (χ1v) is 7.26. The second-order valence-electron chi connectivity index (χ2n) is 1.91. The third-order valence-electron chi connectivity index (χ3n) is 0.609. The minimum Gasteiger partial charge on any atom is -0.677 e. The Morgan fingerprint density at radius 2 is 1.05 bits per heavy atom. The van der Waals surface area contributed by atoms with Crippen molar-refractivity contribution in [3.63, 3.8) is 0 Å². The van der Waals surface area contributed by atoms with Gasteiger partial charge in [-0.1, -0.05) is 62.3 Å². The van der Waals surface area contributed by atoms with Crippen molar-refractivity contribution in [1.29, 1.82) is 0 Å². The molecule has 4 nitrogen and oxygen atoms in total. The van der Waals surface area contributed by atoms with Crippen LogP contribution in [-0.2, 0) is 20.4 Å². The summed E-state index contributed by atoms with van der Waals surface area (Å²) >= 11 is 0. The summed E-state index contributed by atoms with van der Waals surface area (Å²) in [7, 11) is 0. The molecule has 0 bridgehead atoms. The maximum Gasteiger partial charge on any atom is 0.0414 e. The molecule has 1 unspecified atom stereocenters. The molecule has 0 spiro atoms. The van der Waals surface area contributed by atoms with Crippen LogP contribution in [0.1, 0.15) is 68.7 Å². The summed E-state index contributed by atoms with van der Waals surface area (Å²) in [5.74, 6) is 0. The Kier molecular flexibility index (Phi) is 296. The van der Waals surface area contributed by atoms with Gasteiger partial charge in [-0.2, -0.15) is 0 Å². The molecular weight excluding hydrogens is 426 g/mol. The topological polar surface area (TPSA) is 88.1 Å². The fraction of sp³-hybridized carbons (Fsp3) is 0.933. The van der Waals surface area contributed by atoms with Crippen molar-refractivity contribution in [1.82, 2.24) is 0 Å². The first-order valence-electron chi connectivity index (χ1n) is 7.26. The van der Waals surface area contributed by atoms with Gasteiger partial charge in [0.2, 0.25) is 0 Å². The van der Waals surface area contributed by atoms with Crippen LogP contribution in [0.3, 0.4) is 0 Å². The summed E-state index contributed by atoms with van der Waals surface area (Å²) in [4.78, 5) is 0. The fourth-order valence-electron chi connectivity index (χ4n) is 0.0791. The molecule has 0 saturated heterocycles. The van der Waals surface area contributed by atoms with Gasteiger partial charge in [-0.25, -0.2) is 0 Å². The van der Waals surface area contributed by atoms with Crippen LogP contribution in [0.2, 0.25) is 0 Å². The second-order valence-corrected chi connectivity index (χ2v) is 1.91. The van der Waals surface area contributed by atoms with E-state index in [1.54, 1.807) is 6.92 Å². The van der Waals surface area contributed by atoms with Crippen LogP contribution in [0.15, 0.2) is 0 Å². The first-order chi connectivity index (χ1) is 8.68. The van der Waals surface area contributed by atoms with E-state index in [2.05, 4.69) is 0 Å². The predicted molar refractivity (Wildman–Crippen MR) is 93.6 cm³/mol. The summed E-state index contributed by atoms with van der Waals surface area (Å²) in [6.45, 7) is 18.1. The molecule has 0 aliphatic heterocycles. The van der Waals surface area contributed by atoms with E-state index in [-0.39, 0.29) is 47.1 Å². The van der Waals surface area contributed by atoms with Crippen LogP contribution in [0.4, 0.5) is 0 Å². The molecule has 0 aromatic carbocycles. The molecule has 0 rings (SSSR count). The van der Waals surface area contributed by atoms with E-state index in [9.17, 15) is 0 Å². The van der Waals surface area contributed by atoms with Crippen molar-refractivity contribution in [2.24, 2.45) is 0 Å². The Morgan fingerprint density at radius 1 is 0.850 bits per heavy atom. The van der Waals surface area contributed by atoms with Gasteiger partial charge in [0.15, 0.2) is 0 Å². The largest absolute Gasteiger partial charge is 0.677 e. The normalized spacial score (nSPS) is 7.05. The van der Waals surface area contributed by atoms with Crippen LogP contribution >= 0.6 is 0 Å². The van der Waals surface area contributed by atoms with Gasteiger partial charge in [0.1, 0.15) is 0 Å². The molecule has 0 heterocycles. The minimum absolute atomic E-state index is 0. The van der Waals surface area contributed by atoms with Gasteiger partial charge in [-0.3, -0.25) is 0 Å². The summed E-state index contributed by atoms with van der Waals surface area (Å²) in [6, 6.07) is -0.310. The average Bonchev–Trinajstić information content (AvgIpc) is 2.49. The van der Waals surface area contributed by atoms with Gasteiger partial charge >= 0.3 is 0 Å². The Morgan fingerprint density at radius 3 is 1.05 bits per heavy atom. The van der Waals surface area contributed by atoms with Gasteiger partial charge in [0.05, 0.1) is 0 Å². The summed E-state index contributed by atoms with van der Waals surface area (Å²) in [5, 5.41) is 15.9. The van der Waals surface area contributed by atoms with E-state index in [0.29, 0.717) is 13.0 Å². The molecule has 1 radical (unpaired) electrons. The molecule has 0 aliphatic rings. The van der Waals surface area contributed by atoms with E-state index >= 15 is 0 Å². The van der Waals surface area contributed by atoms with Gasteiger partial charge in [0.25, 0.3) is 0 Å². The van der Waals surface area contributed by atoms with Crippen molar-refractivity contribution in [3.8, 4) is 0 Å². The van der Waals surface area contributed by atoms with Crippen molar-refractivity contribution < 1.29 is 30.6 Å². The molecule has 0 aliphatic carbocycles. The zero-order valence-electron chi connectivity index (χ0n) is 15.7. The zero-order valence-corrected chi connectivity index (χ0v) is 18.4. The molecule has 0 fully saturated rings. The van der Waals surface area contributed by atoms with Gasteiger partial charge < -0.3 is 29.1 Å². The maximum absolute atomic E-state index is 7.96. The molecule has 1 atom stereocenters. The van der Waals surface area contributed by atoms with Crippen molar-refractivity contribution in [3.05, 3.63) is 18.9 Å². The predicted octanol–water partition coefficient (Wildman–Crippen LogP) is 5.39. The quantitative estimate of drug-likeness (QED) is 0.543. The van der Waals surface area contributed by atoms with Crippen LogP contribution in [0.5, 0.6) is 0 Å².